The molecule has 0 radical (unpaired) electrons. The molecule has 1 fully saturated rings. The summed E-state index contributed by atoms with van der Waals surface area (Å²) in [5.74, 6) is 1.09. The van der Waals surface area contributed by atoms with E-state index in [1.165, 1.54) is 18.4 Å². The van der Waals surface area contributed by atoms with Crippen LogP contribution < -0.4 is 5.32 Å². The molecule has 0 amide bonds. The van der Waals surface area contributed by atoms with Crippen molar-refractivity contribution in [1.82, 2.24) is 10.2 Å². The minimum absolute atomic E-state index is 0. The van der Waals surface area contributed by atoms with Crippen molar-refractivity contribution in [3.63, 3.8) is 0 Å². The van der Waals surface area contributed by atoms with Crippen molar-refractivity contribution in [2.45, 2.75) is 40.0 Å². The van der Waals surface area contributed by atoms with E-state index in [9.17, 15) is 0 Å². The average molecular weight is 415 g/mol. The number of nitrogens with one attached hydrogen (secondary N) is 1. The molecule has 124 valence electrons. The number of aliphatic imine (C=N–C) groups is 1. The number of hydrogen-bond donors (Lipinski definition) is 1. The summed E-state index contributed by atoms with van der Waals surface area (Å²) in [6, 6.07) is 10.7. The first-order valence-corrected chi connectivity index (χ1v) is 8.18. The lowest BCUT2D eigenvalue weighted by molar-refractivity contribution is 0.372. The predicted molar refractivity (Wildman–Crippen MR) is 106 cm³/mol. The fraction of sp³-hybridized carbons (Fsp3) is 0.611. The van der Waals surface area contributed by atoms with Crippen LogP contribution in [0.3, 0.4) is 0 Å². The third-order valence-corrected chi connectivity index (χ3v) is 3.92. The minimum atomic E-state index is 0. The van der Waals surface area contributed by atoms with E-state index in [2.05, 4.69) is 61.3 Å². The van der Waals surface area contributed by atoms with Crippen LogP contribution in [0.25, 0.3) is 0 Å². The number of halogens is 1. The summed E-state index contributed by atoms with van der Waals surface area (Å²) in [5, 5.41) is 3.44. The Morgan fingerprint density at radius 3 is 2.41 bits per heavy atom. The maximum Gasteiger partial charge on any atom is 0.193 e. The first kappa shape index (κ1) is 19.3. The van der Waals surface area contributed by atoms with Crippen LogP contribution in [-0.2, 0) is 6.42 Å². The molecule has 0 bridgehead atoms. The molecular formula is C18H30IN3. The number of hydrogen-bond acceptors (Lipinski definition) is 1. The highest BCUT2D eigenvalue weighted by atomic mass is 127. The summed E-state index contributed by atoms with van der Waals surface area (Å²) in [4.78, 5) is 7.29. The van der Waals surface area contributed by atoms with Crippen molar-refractivity contribution in [3.8, 4) is 0 Å². The van der Waals surface area contributed by atoms with Crippen molar-refractivity contribution in [2.75, 3.05) is 26.2 Å². The molecule has 2 rings (SSSR count). The third kappa shape index (κ3) is 6.15. The molecule has 3 nitrogen and oxygen atoms in total. The molecule has 4 heteroatoms. The van der Waals surface area contributed by atoms with E-state index in [-0.39, 0.29) is 29.4 Å². The second-order valence-corrected chi connectivity index (χ2v) is 6.69. The zero-order valence-electron chi connectivity index (χ0n) is 14.1. The minimum Gasteiger partial charge on any atom is -0.357 e. The Bertz CT molecular complexity index is 451. The lowest BCUT2D eigenvalue weighted by Crippen LogP contribution is -2.40. The monoisotopic (exact) mass is 415 g/mol. The highest BCUT2D eigenvalue weighted by Crippen LogP contribution is 2.22. The van der Waals surface area contributed by atoms with Gasteiger partial charge in [-0.25, -0.2) is 0 Å². The van der Waals surface area contributed by atoms with Crippen LogP contribution in [0.4, 0.5) is 0 Å². The van der Waals surface area contributed by atoms with Crippen LogP contribution >= 0.6 is 24.0 Å². The standard InChI is InChI=1S/C18H29N3.HI/c1-4-19-17(21-12-8-9-13-21)20-15-18(2,3)14-16-10-6-5-7-11-16;/h5-7,10-11H,4,8-9,12-15H2,1-3H3,(H,19,20);1H. The van der Waals surface area contributed by atoms with Gasteiger partial charge in [0.2, 0.25) is 0 Å². The lowest BCUT2D eigenvalue weighted by Gasteiger charge is -2.26. The summed E-state index contributed by atoms with van der Waals surface area (Å²) >= 11 is 0. The van der Waals surface area contributed by atoms with Crippen molar-refractivity contribution in [3.05, 3.63) is 35.9 Å². The molecule has 1 aliphatic heterocycles. The van der Waals surface area contributed by atoms with Crippen molar-refractivity contribution in [2.24, 2.45) is 10.4 Å². The van der Waals surface area contributed by atoms with Crippen molar-refractivity contribution in [1.29, 1.82) is 0 Å². The van der Waals surface area contributed by atoms with Gasteiger partial charge in [0.25, 0.3) is 0 Å². The summed E-state index contributed by atoms with van der Waals surface area (Å²) < 4.78 is 0. The van der Waals surface area contributed by atoms with Crippen LogP contribution in [-0.4, -0.2) is 37.0 Å². The van der Waals surface area contributed by atoms with E-state index in [4.69, 9.17) is 4.99 Å². The largest absolute Gasteiger partial charge is 0.357 e. The molecule has 0 unspecified atom stereocenters. The summed E-state index contributed by atoms with van der Waals surface area (Å²) in [6.45, 7) is 10.8. The van der Waals surface area contributed by atoms with Gasteiger partial charge in [-0.1, -0.05) is 44.2 Å². The SMILES string of the molecule is CCNC(=NCC(C)(C)Cc1ccccc1)N1CCCC1.I. The number of guanidine groups is 1. The molecule has 1 heterocycles. The summed E-state index contributed by atoms with van der Waals surface area (Å²) in [6.07, 6.45) is 3.65. The zero-order valence-corrected chi connectivity index (χ0v) is 16.5. The van der Waals surface area contributed by atoms with Crippen molar-refractivity contribution >= 4 is 29.9 Å². The van der Waals surface area contributed by atoms with E-state index >= 15 is 0 Å². The van der Waals surface area contributed by atoms with Crippen molar-refractivity contribution < 1.29 is 0 Å². The molecule has 1 saturated heterocycles. The number of rotatable bonds is 5. The Labute approximate surface area is 152 Å². The maximum absolute atomic E-state index is 4.89. The van der Waals surface area contributed by atoms with Gasteiger partial charge in [-0.3, -0.25) is 4.99 Å². The van der Waals surface area contributed by atoms with Gasteiger partial charge in [-0.2, -0.15) is 0 Å². The van der Waals surface area contributed by atoms with Gasteiger partial charge in [0, 0.05) is 26.2 Å². The number of nitrogens with zero attached hydrogens (tertiary/aromatic N) is 2. The Kier molecular flexibility index (Phi) is 8.21. The van der Waals surface area contributed by atoms with E-state index in [1.54, 1.807) is 0 Å². The Hall–Kier alpha value is -0.780. The second-order valence-electron chi connectivity index (χ2n) is 6.69. The second kappa shape index (κ2) is 9.38. The predicted octanol–water partition coefficient (Wildman–Crippen LogP) is 3.93. The molecule has 1 aromatic carbocycles. The highest BCUT2D eigenvalue weighted by Gasteiger charge is 2.20. The van der Waals surface area contributed by atoms with E-state index < -0.39 is 0 Å². The van der Waals surface area contributed by atoms with Crippen LogP contribution in [0.2, 0.25) is 0 Å². The lowest BCUT2D eigenvalue weighted by atomic mass is 9.86. The number of likely N-dealkylation sites (tertiary alicyclic amines) is 1. The van der Waals surface area contributed by atoms with Gasteiger partial charge >= 0.3 is 0 Å². The smallest absolute Gasteiger partial charge is 0.193 e. The van der Waals surface area contributed by atoms with E-state index in [0.717, 1.165) is 38.6 Å². The zero-order chi connectivity index (χ0) is 15.1. The molecular weight excluding hydrogens is 385 g/mol. The average Bonchev–Trinajstić information content (AvgIpc) is 2.98. The Morgan fingerprint density at radius 2 is 1.82 bits per heavy atom. The summed E-state index contributed by atoms with van der Waals surface area (Å²) in [7, 11) is 0. The van der Waals surface area contributed by atoms with Gasteiger partial charge < -0.3 is 10.2 Å². The fourth-order valence-electron chi connectivity index (χ4n) is 2.85. The third-order valence-electron chi connectivity index (χ3n) is 3.92. The maximum atomic E-state index is 4.89. The van der Waals surface area contributed by atoms with Gasteiger partial charge in [-0.05, 0) is 37.2 Å². The first-order chi connectivity index (χ1) is 10.1. The van der Waals surface area contributed by atoms with Crippen LogP contribution in [0.5, 0.6) is 0 Å². The molecule has 0 saturated carbocycles. The molecule has 0 aliphatic carbocycles. The number of benzene rings is 1. The summed E-state index contributed by atoms with van der Waals surface area (Å²) in [5.41, 5.74) is 1.57. The van der Waals surface area contributed by atoms with E-state index in [0.29, 0.717) is 0 Å². The highest BCUT2D eigenvalue weighted by molar-refractivity contribution is 14.0. The fourth-order valence-corrected chi connectivity index (χ4v) is 2.85. The molecule has 22 heavy (non-hydrogen) atoms. The topological polar surface area (TPSA) is 27.6 Å². The van der Waals surface area contributed by atoms with Crippen LogP contribution in [0, 0.1) is 5.41 Å². The quantitative estimate of drug-likeness (QED) is 0.448. The molecule has 1 N–H and O–H groups in total. The van der Waals surface area contributed by atoms with Crippen LogP contribution in [0.15, 0.2) is 35.3 Å². The van der Waals surface area contributed by atoms with Gasteiger partial charge in [0.05, 0.1) is 0 Å². The van der Waals surface area contributed by atoms with Crippen LogP contribution in [0.1, 0.15) is 39.2 Å². The van der Waals surface area contributed by atoms with Gasteiger partial charge in [-0.15, -0.1) is 24.0 Å². The molecule has 1 aliphatic rings. The molecule has 0 atom stereocenters. The van der Waals surface area contributed by atoms with E-state index in [1.807, 2.05) is 0 Å². The first-order valence-electron chi connectivity index (χ1n) is 8.18. The van der Waals surface area contributed by atoms with Gasteiger partial charge in [0.1, 0.15) is 0 Å². The molecule has 0 aromatic heterocycles. The molecule has 0 spiro atoms. The normalized spacial score (nSPS) is 15.6. The van der Waals surface area contributed by atoms with Gasteiger partial charge in [0.15, 0.2) is 5.96 Å². The Balaban J connectivity index is 0.00000242. The molecule has 1 aromatic rings. The Morgan fingerprint density at radius 1 is 1.18 bits per heavy atom.